The molecule has 0 aliphatic carbocycles. The molecule has 0 N–H and O–H groups in total. The van der Waals surface area contributed by atoms with Crippen molar-refractivity contribution in [3.05, 3.63) is 64.2 Å². The summed E-state index contributed by atoms with van der Waals surface area (Å²) < 4.78 is 13.4. The maximum Gasteiger partial charge on any atom is 0.233 e. The van der Waals surface area contributed by atoms with Gasteiger partial charge in [-0.15, -0.1) is 11.3 Å². The van der Waals surface area contributed by atoms with Gasteiger partial charge in [-0.2, -0.15) is 0 Å². The molecule has 3 aromatic rings. The Balaban J connectivity index is 2.08. The summed E-state index contributed by atoms with van der Waals surface area (Å²) >= 11 is 7.48. The van der Waals surface area contributed by atoms with Crippen molar-refractivity contribution in [2.24, 2.45) is 0 Å². The van der Waals surface area contributed by atoms with Crippen molar-refractivity contribution in [3.63, 3.8) is 0 Å². The van der Waals surface area contributed by atoms with Gasteiger partial charge in [0.25, 0.3) is 0 Å². The number of aryl methyl sites for hydroxylation is 1. The van der Waals surface area contributed by atoms with Crippen LogP contribution in [0.2, 0.25) is 5.02 Å². The largest absolute Gasteiger partial charge is 0.274 e. The lowest BCUT2D eigenvalue weighted by Crippen LogP contribution is -2.25. The molecule has 0 radical (unpaired) electrons. The number of anilines is 2. The van der Waals surface area contributed by atoms with E-state index in [9.17, 15) is 9.18 Å². The lowest BCUT2D eigenvalue weighted by molar-refractivity contribution is -0.117. The summed E-state index contributed by atoms with van der Waals surface area (Å²) in [7, 11) is 0. The topological polar surface area (TPSA) is 33.2 Å². The fraction of sp³-hybridized carbons (Fsp3) is 0.238. The lowest BCUT2D eigenvalue weighted by Gasteiger charge is -2.19. The van der Waals surface area contributed by atoms with Crippen LogP contribution in [-0.4, -0.2) is 10.9 Å². The molecule has 2 aromatic carbocycles. The smallest absolute Gasteiger partial charge is 0.233 e. The first-order valence-electron chi connectivity index (χ1n) is 8.87. The Hall–Kier alpha value is -2.24. The standard InChI is InChI=1S/C21H20ClFN2OS/c1-3-5-19(26)25(17-12-10-16(23)11-13-17)21-24-20(18(4-2)27-21)14-6-8-15(22)9-7-14/h6-13H,3-5H2,1-2H3. The number of rotatable bonds is 6. The van der Waals surface area contributed by atoms with Crippen LogP contribution in [0.3, 0.4) is 0 Å². The minimum atomic E-state index is -0.336. The molecule has 0 fully saturated rings. The number of hydrogen-bond donors (Lipinski definition) is 0. The molecule has 0 aliphatic heterocycles. The van der Waals surface area contributed by atoms with Crippen LogP contribution >= 0.6 is 22.9 Å². The number of amides is 1. The summed E-state index contributed by atoms with van der Waals surface area (Å²) in [5, 5.41) is 1.26. The minimum absolute atomic E-state index is 0.0526. The van der Waals surface area contributed by atoms with Gasteiger partial charge >= 0.3 is 0 Å². The van der Waals surface area contributed by atoms with Gasteiger partial charge in [-0.05, 0) is 49.2 Å². The average molecular weight is 403 g/mol. The van der Waals surface area contributed by atoms with Gasteiger partial charge in [0.15, 0.2) is 5.13 Å². The monoisotopic (exact) mass is 402 g/mol. The SMILES string of the molecule is CCCC(=O)N(c1ccc(F)cc1)c1nc(-c2ccc(Cl)cc2)c(CC)s1. The predicted octanol–water partition coefficient (Wildman–Crippen LogP) is 6.63. The summed E-state index contributed by atoms with van der Waals surface area (Å²) in [6.45, 7) is 4.02. The Morgan fingerprint density at radius 2 is 1.78 bits per heavy atom. The van der Waals surface area contributed by atoms with Gasteiger partial charge in [0.05, 0.1) is 11.4 Å². The van der Waals surface area contributed by atoms with E-state index in [2.05, 4.69) is 6.92 Å². The molecule has 0 atom stereocenters. The highest BCUT2D eigenvalue weighted by Gasteiger charge is 2.23. The molecular weight excluding hydrogens is 383 g/mol. The van der Waals surface area contributed by atoms with Crippen molar-refractivity contribution >= 4 is 39.7 Å². The third kappa shape index (κ3) is 4.37. The normalized spacial score (nSPS) is 10.8. The molecule has 1 heterocycles. The van der Waals surface area contributed by atoms with E-state index < -0.39 is 0 Å². The van der Waals surface area contributed by atoms with Gasteiger partial charge in [0, 0.05) is 21.9 Å². The number of benzene rings is 2. The van der Waals surface area contributed by atoms with Crippen LogP contribution in [0.15, 0.2) is 48.5 Å². The zero-order valence-corrected chi connectivity index (χ0v) is 16.8. The summed E-state index contributed by atoms with van der Waals surface area (Å²) in [4.78, 5) is 20.2. The van der Waals surface area contributed by atoms with Crippen molar-refractivity contribution in [2.75, 3.05) is 4.90 Å². The van der Waals surface area contributed by atoms with Gasteiger partial charge in [-0.25, -0.2) is 9.37 Å². The number of aromatic nitrogens is 1. The Bertz CT molecular complexity index is 922. The third-order valence-corrected chi connectivity index (χ3v) is 5.55. The highest BCUT2D eigenvalue weighted by molar-refractivity contribution is 7.16. The molecule has 0 spiro atoms. The fourth-order valence-corrected chi connectivity index (χ4v) is 3.97. The number of thiazole rings is 1. The van der Waals surface area contributed by atoms with Gasteiger partial charge in [-0.3, -0.25) is 9.69 Å². The van der Waals surface area contributed by atoms with Crippen molar-refractivity contribution < 1.29 is 9.18 Å². The molecule has 3 rings (SSSR count). The van der Waals surface area contributed by atoms with Crippen molar-refractivity contribution in [1.29, 1.82) is 0 Å². The second kappa shape index (κ2) is 8.63. The molecular formula is C21H20ClFN2OS. The van der Waals surface area contributed by atoms with E-state index in [1.807, 2.05) is 31.2 Å². The Morgan fingerprint density at radius 3 is 2.37 bits per heavy atom. The van der Waals surface area contributed by atoms with Crippen molar-refractivity contribution in [1.82, 2.24) is 4.98 Å². The average Bonchev–Trinajstić information content (AvgIpc) is 3.08. The van der Waals surface area contributed by atoms with Crippen LogP contribution in [0.25, 0.3) is 11.3 Å². The fourth-order valence-electron chi connectivity index (χ4n) is 2.78. The zero-order chi connectivity index (χ0) is 19.4. The van der Waals surface area contributed by atoms with E-state index >= 15 is 0 Å². The molecule has 3 nitrogen and oxygen atoms in total. The molecule has 0 saturated carbocycles. The molecule has 0 aliphatic rings. The maximum atomic E-state index is 13.4. The first-order valence-corrected chi connectivity index (χ1v) is 10.1. The first-order chi connectivity index (χ1) is 13.0. The molecule has 0 unspecified atom stereocenters. The summed E-state index contributed by atoms with van der Waals surface area (Å²) in [6.07, 6.45) is 1.93. The van der Waals surface area contributed by atoms with Gasteiger partial charge in [0.1, 0.15) is 5.82 Å². The van der Waals surface area contributed by atoms with Crippen LogP contribution in [0.4, 0.5) is 15.2 Å². The number of halogens is 2. The van der Waals surface area contributed by atoms with E-state index in [0.29, 0.717) is 22.3 Å². The lowest BCUT2D eigenvalue weighted by atomic mass is 10.1. The first kappa shape index (κ1) is 19.5. The number of carbonyl (C=O) groups is 1. The van der Waals surface area contributed by atoms with E-state index in [-0.39, 0.29) is 11.7 Å². The van der Waals surface area contributed by atoms with E-state index in [1.54, 1.807) is 17.0 Å². The Labute approximate surface area is 167 Å². The van der Waals surface area contributed by atoms with E-state index in [1.165, 1.54) is 23.5 Å². The van der Waals surface area contributed by atoms with Crippen LogP contribution in [0.5, 0.6) is 0 Å². The molecule has 1 amide bonds. The number of nitrogens with zero attached hydrogens (tertiary/aromatic N) is 2. The number of hydrogen-bond acceptors (Lipinski definition) is 3. The zero-order valence-electron chi connectivity index (χ0n) is 15.2. The number of carbonyl (C=O) groups excluding carboxylic acids is 1. The van der Waals surface area contributed by atoms with Crippen LogP contribution in [0.1, 0.15) is 31.6 Å². The summed E-state index contributed by atoms with van der Waals surface area (Å²) in [5.74, 6) is -0.389. The third-order valence-electron chi connectivity index (χ3n) is 4.11. The molecule has 1 aromatic heterocycles. The molecule has 0 saturated heterocycles. The Morgan fingerprint density at radius 1 is 1.11 bits per heavy atom. The minimum Gasteiger partial charge on any atom is -0.274 e. The molecule has 27 heavy (non-hydrogen) atoms. The van der Waals surface area contributed by atoms with Gasteiger partial charge < -0.3 is 0 Å². The van der Waals surface area contributed by atoms with Crippen LogP contribution < -0.4 is 4.90 Å². The Kier molecular flexibility index (Phi) is 6.24. The highest BCUT2D eigenvalue weighted by atomic mass is 35.5. The van der Waals surface area contributed by atoms with E-state index in [4.69, 9.17) is 16.6 Å². The maximum absolute atomic E-state index is 13.4. The molecule has 0 bridgehead atoms. The highest BCUT2D eigenvalue weighted by Crippen LogP contribution is 2.37. The molecule has 140 valence electrons. The van der Waals surface area contributed by atoms with Crippen molar-refractivity contribution in [2.45, 2.75) is 33.1 Å². The summed E-state index contributed by atoms with van der Waals surface area (Å²) in [6, 6.07) is 13.4. The van der Waals surface area contributed by atoms with Crippen LogP contribution in [-0.2, 0) is 11.2 Å². The van der Waals surface area contributed by atoms with Gasteiger partial charge in [-0.1, -0.05) is 37.6 Å². The quantitative estimate of drug-likeness (QED) is 0.463. The molecule has 6 heteroatoms. The van der Waals surface area contributed by atoms with Crippen molar-refractivity contribution in [3.8, 4) is 11.3 Å². The van der Waals surface area contributed by atoms with Gasteiger partial charge in [0.2, 0.25) is 5.91 Å². The van der Waals surface area contributed by atoms with E-state index in [0.717, 1.165) is 29.0 Å². The second-order valence-electron chi connectivity index (χ2n) is 6.08. The summed E-state index contributed by atoms with van der Waals surface area (Å²) in [5.41, 5.74) is 2.43. The predicted molar refractivity (Wildman–Crippen MR) is 110 cm³/mol. The second-order valence-corrected chi connectivity index (χ2v) is 7.58. The van der Waals surface area contributed by atoms with Crippen LogP contribution in [0, 0.1) is 5.82 Å².